The molecule has 0 radical (unpaired) electrons. The van der Waals surface area contributed by atoms with Crippen LogP contribution < -0.4 is 0 Å². The summed E-state index contributed by atoms with van der Waals surface area (Å²) in [6, 6.07) is 0. The first kappa shape index (κ1) is 11.1. The molecule has 0 fully saturated rings. The highest BCUT2D eigenvalue weighted by Crippen LogP contribution is 1.91. The summed E-state index contributed by atoms with van der Waals surface area (Å²) in [6.45, 7) is 9.30. The maximum atomic E-state index is 8.65. The van der Waals surface area contributed by atoms with E-state index in [1.807, 2.05) is 20.8 Å². The average molecular weight is 128 g/mol. The zero-order chi connectivity index (χ0) is 7.70. The predicted octanol–water partition coefficient (Wildman–Crippen LogP) is 3.05. The predicted molar refractivity (Wildman–Crippen MR) is 42.5 cm³/mol. The second-order valence-corrected chi connectivity index (χ2v) is 1.25. The van der Waals surface area contributed by atoms with Crippen LogP contribution in [0.25, 0.3) is 0 Å². The van der Waals surface area contributed by atoms with E-state index >= 15 is 0 Å². The van der Waals surface area contributed by atoms with Gasteiger partial charge in [-0.2, -0.15) is 0 Å². The molecule has 1 nitrogen and oxygen atoms in total. The summed E-state index contributed by atoms with van der Waals surface area (Å²) in [4.78, 5) is 0. The van der Waals surface area contributed by atoms with Crippen molar-refractivity contribution in [3.05, 3.63) is 24.5 Å². The largest absolute Gasteiger partial charge is 0.512 e. The third-order valence-corrected chi connectivity index (χ3v) is 0.672. The van der Waals surface area contributed by atoms with Crippen LogP contribution in [0, 0.1) is 0 Å². The Morgan fingerprint density at radius 1 is 1.56 bits per heavy atom. The summed E-state index contributed by atoms with van der Waals surface area (Å²) in [6.07, 6.45) is 3.84. The van der Waals surface area contributed by atoms with Crippen molar-refractivity contribution in [1.29, 1.82) is 0 Å². The van der Waals surface area contributed by atoms with Crippen molar-refractivity contribution in [2.45, 2.75) is 27.2 Å². The molecule has 0 unspecified atom stereocenters. The molecule has 1 heteroatoms. The van der Waals surface area contributed by atoms with E-state index in [0.717, 1.165) is 0 Å². The molecule has 0 aromatic carbocycles. The molecule has 0 aromatic rings. The van der Waals surface area contributed by atoms with Crippen LogP contribution in [-0.4, -0.2) is 5.11 Å². The lowest BCUT2D eigenvalue weighted by molar-refractivity contribution is 0.395. The van der Waals surface area contributed by atoms with Crippen molar-refractivity contribution in [2.75, 3.05) is 0 Å². The van der Waals surface area contributed by atoms with Gasteiger partial charge in [-0.3, -0.25) is 0 Å². The number of allylic oxidation sites excluding steroid dienone is 3. The quantitative estimate of drug-likeness (QED) is 0.447. The van der Waals surface area contributed by atoms with Gasteiger partial charge in [0.1, 0.15) is 0 Å². The summed E-state index contributed by atoms with van der Waals surface area (Å²) >= 11 is 0. The van der Waals surface area contributed by atoms with Crippen LogP contribution in [0.1, 0.15) is 27.2 Å². The zero-order valence-electron chi connectivity index (χ0n) is 6.52. The van der Waals surface area contributed by atoms with Gasteiger partial charge in [-0.15, -0.1) is 0 Å². The SMILES string of the molecule is C=C/C=C(/O)CC.CC. The molecule has 0 spiro atoms. The number of rotatable bonds is 2. The molecule has 0 aliphatic heterocycles. The lowest BCUT2D eigenvalue weighted by Gasteiger charge is -1.85. The first-order chi connectivity index (χ1) is 4.31. The van der Waals surface area contributed by atoms with E-state index in [1.165, 1.54) is 0 Å². The van der Waals surface area contributed by atoms with Gasteiger partial charge in [0.25, 0.3) is 0 Å². The van der Waals surface area contributed by atoms with E-state index in [1.54, 1.807) is 12.2 Å². The molecule has 0 aromatic heterocycles. The lowest BCUT2D eigenvalue weighted by Crippen LogP contribution is -1.71. The molecule has 9 heavy (non-hydrogen) atoms. The van der Waals surface area contributed by atoms with E-state index in [2.05, 4.69) is 6.58 Å². The van der Waals surface area contributed by atoms with Gasteiger partial charge in [-0.1, -0.05) is 33.4 Å². The Labute approximate surface area is 57.7 Å². The van der Waals surface area contributed by atoms with Gasteiger partial charge in [0.05, 0.1) is 5.76 Å². The Morgan fingerprint density at radius 2 is 2.00 bits per heavy atom. The normalized spacial score (nSPS) is 9.44. The van der Waals surface area contributed by atoms with Crippen LogP contribution in [0.2, 0.25) is 0 Å². The summed E-state index contributed by atoms with van der Waals surface area (Å²) < 4.78 is 0. The summed E-state index contributed by atoms with van der Waals surface area (Å²) in [5, 5.41) is 8.65. The first-order valence-electron chi connectivity index (χ1n) is 3.31. The molecule has 0 amide bonds. The molecule has 0 aliphatic rings. The fraction of sp³-hybridized carbons (Fsp3) is 0.500. The molecule has 0 heterocycles. The molecule has 0 rings (SSSR count). The van der Waals surface area contributed by atoms with Crippen LogP contribution in [-0.2, 0) is 0 Å². The van der Waals surface area contributed by atoms with E-state index in [4.69, 9.17) is 5.11 Å². The molecular weight excluding hydrogens is 112 g/mol. The van der Waals surface area contributed by atoms with Crippen LogP contribution >= 0.6 is 0 Å². The Hall–Kier alpha value is -0.720. The molecule has 0 saturated heterocycles. The van der Waals surface area contributed by atoms with E-state index in [-0.39, 0.29) is 0 Å². The number of hydrogen-bond acceptors (Lipinski definition) is 1. The zero-order valence-corrected chi connectivity index (χ0v) is 6.52. The standard InChI is InChI=1S/C6H10O.C2H6/c1-3-5-6(7)4-2;1-2/h3,5,7H,1,4H2,2H3;1-2H3/b6-5+;. The molecule has 0 saturated carbocycles. The highest BCUT2D eigenvalue weighted by Gasteiger charge is 1.78. The maximum Gasteiger partial charge on any atom is 0.0919 e. The molecule has 1 N–H and O–H groups in total. The first-order valence-corrected chi connectivity index (χ1v) is 3.31. The minimum Gasteiger partial charge on any atom is -0.512 e. The number of aliphatic hydroxyl groups is 1. The minimum atomic E-state index is 0.384. The monoisotopic (exact) mass is 128 g/mol. The van der Waals surface area contributed by atoms with Gasteiger partial charge in [-0.05, 0) is 6.08 Å². The van der Waals surface area contributed by atoms with Crippen LogP contribution in [0.3, 0.4) is 0 Å². The van der Waals surface area contributed by atoms with Crippen LogP contribution in [0.5, 0.6) is 0 Å². The van der Waals surface area contributed by atoms with Crippen LogP contribution in [0.15, 0.2) is 24.5 Å². The van der Waals surface area contributed by atoms with Crippen molar-refractivity contribution in [3.63, 3.8) is 0 Å². The fourth-order valence-electron chi connectivity index (χ4n) is 0.254. The third kappa shape index (κ3) is 11.1. The smallest absolute Gasteiger partial charge is 0.0919 e. The highest BCUT2D eigenvalue weighted by atomic mass is 16.3. The Kier molecular flexibility index (Phi) is 12.7. The molecule has 0 bridgehead atoms. The van der Waals surface area contributed by atoms with E-state index < -0.39 is 0 Å². The van der Waals surface area contributed by atoms with E-state index in [0.29, 0.717) is 12.2 Å². The van der Waals surface area contributed by atoms with Crippen molar-refractivity contribution >= 4 is 0 Å². The highest BCUT2D eigenvalue weighted by molar-refractivity contribution is 5.01. The molecule has 54 valence electrons. The average Bonchev–Trinajstić information content (AvgIpc) is 1.93. The van der Waals surface area contributed by atoms with Gasteiger partial charge >= 0.3 is 0 Å². The van der Waals surface area contributed by atoms with Crippen LogP contribution in [0.4, 0.5) is 0 Å². The topological polar surface area (TPSA) is 20.2 Å². The Balaban J connectivity index is 0. The summed E-state index contributed by atoms with van der Waals surface area (Å²) in [7, 11) is 0. The van der Waals surface area contributed by atoms with Crippen molar-refractivity contribution < 1.29 is 5.11 Å². The van der Waals surface area contributed by atoms with Gasteiger partial charge < -0.3 is 5.11 Å². The third-order valence-electron chi connectivity index (χ3n) is 0.672. The molecule has 0 aliphatic carbocycles. The Bertz CT molecular complexity index is 82.6. The molecular formula is C8H16O. The van der Waals surface area contributed by atoms with Gasteiger partial charge in [-0.25, -0.2) is 0 Å². The summed E-state index contributed by atoms with van der Waals surface area (Å²) in [5.41, 5.74) is 0. The van der Waals surface area contributed by atoms with Crippen molar-refractivity contribution in [2.24, 2.45) is 0 Å². The van der Waals surface area contributed by atoms with Gasteiger partial charge in [0, 0.05) is 6.42 Å². The summed E-state index contributed by atoms with van der Waals surface area (Å²) in [5.74, 6) is 0.384. The van der Waals surface area contributed by atoms with Crippen molar-refractivity contribution in [3.8, 4) is 0 Å². The maximum absolute atomic E-state index is 8.65. The van der Waals surface area contributed by atoms with Crippen molar-refractivity contribution in [1.82, 2.24) is 0 Å². The van der Waals surface area contributed by atoms with Gasteiger partial charge in [0.2, 0.25) is 0 Å². The number of hydrogen-bond donors (Lipinski definition) is 1. The fourth-order valence-corrected chi connectivity index (χ4v) is 0.254. The Morgan fingerprint density at radius 3 is 2.11 bits per heavy atom. The second-order valence-electron chi connectivity index (χ2n) is 1.25. The molecule has 0 atom stereocenters. The number of aliphatic hydroxyl groups excluding tert-OH is 1. The van der Waals surface area contributed by atoms with E-state index in [9.17, 15) is 0 Å². The van der Waals surface area contributed by atoms with Gasteiger partial charge in [0.15, 0.2) is 0 Å². The lowest BCUT2D eigenvalue weighted by atomic mass is 10.4. The second kappa shape index (κ2) is 10.3. The minimum absolute atomic E-state index is 0.384.